The molecular formula is C26H38O7. The van der Waals surface area contributed by atoms with Crippen LogP contribution in [0, 0.1) is 11.3 Å². The minimum Gasteiger partial charge on any atom is -0.481 e. The summed E-state index contributed by atoms with van der Waals surface area (Å²) in [6, 6.07) is 7.11. The van der Waals surface area contributed by atoms with Crippen LogP contribution in [-0.4, -0.2) is 45.4 Å². The van der Waals surface area contributed by atoms with Crippen LogP contribution in [0.25, 0.3) is 0 Å². The maximum Gasteiger partial charge on any atom is 0.338 e. The topological polar surface area (TPSA) is 121 Å². The Balaban J connectivity index is 1.99. The lowest BCUT2D eigenvalue weighted by molar-refractivity contribution is -0.162. The maximum atomic E-state index is 12.6. The molecule has 1 fully saturated rings. The Labute approximate surface area is 196 Å². The number of hydrogen-bond donors (Lipinski definition) is 3. The van der Waals surface area contributed by atoms with Gasteiger partial charge in [0.05, 0.1) is 17.4 Å². The Kier molecular flexibility index (Phi) is 9.89. The number of benzene rings is 1. The number of ether oxygens (including phenoxy) is 1. The van der Waals surface area contributed by atoms with Crippen molar-refractivity contribution >= 4 is 17.9 Å². The molecule has 0 amide bonds. The van der Waals surface area contributed by atoms with E-state index >= 15 is 0 Å². The van der Waals surface area contributed by atoms with Crippen LogP contribution < -0.4 is 0 Å². The molecule has 3 N–H and O–H groups in total. The molecule has 0 aliphatic heterocycles. The van der Waals surface area contributed by atoms with Gasteiger partial charge < -0.3 is 20.1 Å². The number of aliphatic hydroxyl groups is 1. The lowest BCUT2D eigenvalue weighted by atomic mass is 9.77. The summed E-state index contributed by atoms with van der Waals surface area (Å²) in [5.41, 5.74) is -0.269. The summed E-state index contributed by atoms with van der Waals surface area (Å²) in [6.07, 6.45) is 6.05. The zero-order chi connectivity index (χ0) is 24.6. The molecule has 1 aromatic carbocycles. The van der Waals surface area contributed by atoms with Crippen molar-refractivity contribution in [3.05, 3.63) is 35.4 Å². The number of aliphatic hydroxyl groups excluding tert-OH is 1. The van der Waals surface area contributed by atoms with E-state index < -0.39 is 42.0 Å². The van der Waals surface area contributed by atoms with Crippen LogP contribution in [0.5, 0.6) is 0 Å². The number of carboxylic acids is 2. The first-order chi connectivity index (χ1) is 15.6. The van der Waals surface area contributed by atoms with Gasteiger partial charge in [0.1, 0.15) is 12.2 Å². The zero-order valence-electron chi connectivity index (χ0n) is 20.0. The molecule has 7 nitrogen and oxygen atoms in total. The van der Waals surface area contributed by atoms with Gasteiger partial charge in [-0.3, -0.25) is 9.59 Å². The van der Waals surface area contributed by atoms with Crippen LogP contribution in [0.3, 0.4) is 0 Å². The lowest BCUT2D eigenvalue weighted by Crippen LogP contribution is -2.47. The third-order valence-corrected chi connectivity index (χ3v) is 6.96. The predicted octanol–water partition coefficient (Wildman–Crippen LogP) is 5.01. The smallest absolute Gasteiger partial charge is 0.338 e. The predicted molar refractivity (Wildman–Crippen MR) is 124 cm³/mol. The average Bonchev–Trinajstić information content (AvgIpc) is 2.78. The molecule has 2 unspecified atom stereocenters. The van der Waals surface area contributed by atoms with Crippen molar-refractivity contribution in [1.82, 2.24) is 0 Å². The maximum absolute atomic E-state index is 12.6. The fourth-order valence-electron chi connectivity index (χ4n) is 4.55. The molecule has 1 aliphatic rings. The quantitative estimate of drug-likeness (QED) is 0.295. The first kappa shape index (κ1) is 26.8. The normalized spacial score (nSPS) is 20.6. The van der Waals surface area contributed by atoms with Crippen molar-refractivity contribution in [2.75, 3.05) is 0 Å². The van der Waals surface area contributed by atoms with E-state index in [0.717, 1.165) is 18.8 Å². The van der Waals surface area contributed by atoms with E-state index in [9.17, 15) is 24.6 Å². The van der Waals surface area contributed by atoms with Gasteiger partial charge in [-0.05, 0) is 69.1 Å². The van der Waals surface area contributed by atoms with E-state index in [-0.39, 0.29) is 5.56 Å². The molecule has 0 saturated heterocycles. The molecular weight excluding hydrogens is 424 g/mol. The van der Waals surface area contributed by atoms with E-state index in [4.69, 9.17) is 9.84 Å². The highest BCUT2D eigenvalue weighted by molar-refractivity contribution is 5.89. The summed E-state index contributed by atoms with van der Waals surface area (Å²) in [4.78, 5) is 35.2. The van der Waals surface area contributed by atoms with Crippen LogP contribution >= 0.6 is 0 Å². The Hall–Kier alpha value is -2.41. The largest absolute Gasteiger partial charge is 0.481 e. The molecule has 1 aromatic rings. The summed E-state index contributed by atoms with van der Waals surface area (Å²) in [6.45, 7) is 4.74. The van der Waals surface area contributed by atoms with Crippen molar-refractivity contribution in [2.24, 2.45) is 11.3 Å². The second-order valence-electron chi connectivity index (χ2n) is 9.85. The van der Waals surface area contributed by atoms with Gasteiger partial charge in [-0.25, -0.2) is 4.79 Å². The molecule has 2 atom stereocenters. The molecule has 184 valence electrons. The Morgan fingerprint density at radius 3 is 2.15 bits per heavy atom. The highest BCUT2D eigenvalue weighted by Crippen LogP contribution is 2.38. The SMILES string of the molecule is CCCCCC1CCC(c2ccc(C(=O)OC(CC(=O)O)C(O)C(C)(C)C(=O)O)cc2)CC1. The minimum absolute atomic E-state index is 0.239. The van der Waals surface area contributed by atoms with Gasteiger partial charge in [0.2, 0.25) is 0 Å². The Morgan fingerprint density at radius 2 is 1.64 bits per heavy atom. The third-order valence-electron chi connectivity index (χ3n) is 6.96. The van der Waals surface area contributed by atoms with Crippen molar-refractivity contribution in [1.29, 1.82) is 0 Å². The second kappa shape index (κ2) is 12.2. The molecule has 0 spiro atoms. The number of carbonyl (C=O) groups is 3. The second-order valence-corrected chi connectivity index (χ2v) is 9.85. The highest BCUT2D eigenvalue weighted by Gasteiger charge is 2.43. The van der Waals surface area contributed by atoms with Crippen molar-refractivity contribution in [2.45, 2.75) is 96.7 Å². The lowest BCUT2D eigenvalue weighted by Gasteiger charge is -2.31. The molecule has 0 radical (unpaired) electrons. The molecule has 7 heteroatoms. The zero-order valence-corrected chi connectivity index (χ0v) is 20.0. The van der Waals surface area contributed by atoms with Crippen molar-refractivity contribution in [3.8, 4) is 0 Å². The molecule has 2 rings (SSSR count). The molecule has 1 aliphatic carbocycles. The van der Waals surface area contributed by atoms with Crippen LogP contribution in [-0.2, 0) is 14.3 Å². The van der Waals surface area contributed by atoms with E-state index in [1.54, 1.807) is 12.1 Å². The summed E-state index contributed by atoms with van der Waals surface area (Å²) >= 11 is 0. The number of hydrogen-bond acceptors (Lipinski definition) is 5. The molecule has 0 aromatic heterocycles. The van der Waals surface area contributed by atoms with Crippen LogP contribution in [0.1, 0.15) is 100 Å². The van der Waals surface area contributed by atoms with E-state index in [0.29, 0.717) is 5.92 Å². The monoisotopic (exact) mass is 462 g/mol. The molecule has 0 bridgehead atoms. The number of unbranched alkanes of at least 4 members (excludes halogenated alkanes) is 2. The number of carbonyl (C=O) groups excluding carboxylic acids is 1. The average molecular weight is 463 g/mol. The molecule has 0 heterocycles. The summed E-state index contributed by atoms with van der Waals surface area (Å²) < 4.78 is 5.26. The number of aliphatic carboxylic acids is 2. The highest BCUT2D eigenvalue weighted by atomic mass is 16.6. The summed E-state index contributed by atoms with van der Waals surface area (Å²) in [7, 11) is 0. The van der Waals surface area contributed by atoms with Gasteiger partial charge in [-0.15, -0.1) is 0 Å². The van der Waals surface area contributed by atoms with Crippen LogP contribution in [0.4, 0.5) is 0 Å². The number of esters is 1. The first-order valence-corrected chi connectivity index (χ1v) is 12.0. The van der Waals surface area contributed by atoms with Gasteiger partial charge in [-0.2, -0.15) is 0 Å². The van der Waals surface area contributed by atoms with Crippen molar-refractivity contribution in [3.63, 3.8) is 0 Å². The fraction of sp³-hybridized carbons (Fsp3) is 0.654. The van der Waals surface area contributed by atoms with E-state index in [1.807, 2.05) is 12.1 Å². The van der Waals surface area contributed by atoms with Crippen LogP contribution in [0.15, 0.2) is 24.3 Å². The van der Waals surface area contributed by atoms with Crippen molar-refractivity contribution < 1.29 is 34.4 Å². The van der Waals surface area contributed by atoms with Gasteiger partial charge in [-0.1, -0.05) is 44.7 Å². The first-order valence-electron chi connectivity index (χ1n) is 12.0. The number of carboxylic acid groups (broad SMARTS) is 2. The minimum atomic E-state index is -1.68. The molecule has 33 heavy (non-hydrogen) atoms. The standard InChI is InChI=1S/C26H38O7/c1-4-5-6-7-17-8-10-18(11-9-17)19-12-14-20(15-13-19)24(30)33-21(16-22(27)28)23(29)26(2,3)25(31)32/h12-15,17-18,21,23,29H,4-11,16H2,1-3H3,(H,27,28)(H,31,32). The van der Waals surface area contributed by atoms with Gasteiger partial charge in [0.25, 0.3) is 0 Å². The summed E-state index contributed by atoms with van der Waals surface area (Å²) in [5, 5.41) is 28.9. The van der Waals surface area contributed by atoms with Crippen LogP contribution in [0.2, 0.25) is 0 Å². The fourth-order valence-corrected chi connectivity index (χ4v) is 4.55. The van der Waals surface area contributed by atoms with E-state index in [1.165, 1.54) is 57.9 Å². The Morgan fingerprint density at radius 1 is 1.03 bits per heavy atom. The van der Waals surface area contributed by atoms with E-state index in [2.05, 4.69) is 6.92 Å². The third kappa shape index (κ3) is 7.56. The number of rotatable bonds is 12. The molecule has 1 saturated carbocycles. The van der Waals surface area contributed by atoms with Gasteiger partial charge in [0, 0.05) is 0 Å². The Bertz CT molecular complexity index is 791. The summed E-state index contributed by atoms with van der Waals surface area (Å²) in [5.74, 6) is -2.11. The van der Waals surface area contributed by atoms with Gasteiger partial charge >= 0.3 is 17.9 Å². The van der Waals surface area contributed by atoms with Gasteiger partial charge in [0.15, 0.2) is 0 Å².